The Morgan fingerprint density at radius 3 is 2.61 bits per heavy atom. The zero-order chi connectivity index (χ0) is 17.0. The zero-order valence-electron chi connectivity index (χ0n) is 13.8. The van der Waals surface area contributed by atoms with Gasteiger partial charge in [-0.25, -0.2) is 4.79 Å². The summed E-state index contributed by atoms with van der Waals surface area (Å²) in [5, 5.41) is 13.1. The molecular formula is C18H24N2O3. The number of aliphatic carboxylic acids is 1. The molecule has 0 bridgehead atoms. The summed E-state index contributed by atoms with van der Waals surface area (Å²) >= 11 is 0. The van der Waals surface area contributed by atoms with Crippen LogP contribution in [0.3, 0.4) is 0 Å². The third kappa shape index (κ3) is 3.92. The Balaban J connectivity index is 2.13. The van der Waals surface area contributed by atoms with Crippen molar-refractivity contribution in [2.75, 3.05) is 0 Å². The molecule has 0 fully saturated rings. The van der Waals surface area contributed by atoms with Crippen molar-refractivity contribution < 1.29 is 14.7 Å². The van der Waals surface area contributed by atoms with Gasteiger partial charge in [-0.3, -0.25) is 4.79 Å². The number of H-pyrrole nitrogens is 1. The van der Waals surface area contributed by atoms with Gasteiger partial charge in [-0.05, 0) is 17.5 Å². The van der Waals surface area contributed by atoms with Gasteiger partial charge in [0.1, 0.15) is 6.04 Å². The van der Waals surface area contributed by atoms with Crippen molar-refractivity contribution >= 4 is 22.8 Å². The van der Waals surface area contributed by atoms with E-state index < -0.39 is 12.0 Å². The maximum atomic E-state index is 12.3. The van der Waals surface area contributed by atoms with Gasteiger partial charge < -0.3 is 15.4 Å². The smallest absolute Gasteiger partial charge is 0.326 e. The van der Waals surface area contributed by atoms with E-state index in [1.807, 2.05) is 51.2 Å². The molecule has 1 aromatic carbocycles. The molecule has 23 heavy (non-hydrogen) atoms. The molecule has 1 amide bonds. The number of carbonyl (C=O) groups excluding carboxylic acids is 1. The van der Waals surface area contributed by atoms with Gasteiger partial charge in [0.2, 0.25) is 5.91 Å². The summed E-state index contributed by atoms with van der Waals surface area (Å²) < 4.78 is 0. The molecular weight excluding hydrogens is 292 g/mol. The number of carbonyl (C=O) groups is 2. The first-order valence-electron chi connectivity index (χ1n) is 8.02. The molecule has 5 nitrogen and oxygen atoms in total. The molecule has 0 saturated heterocycles. The number of aromatic amines is 1. The Hall–Kier alpha value is -2.30. The third-order valence-corrected chi connectivity index (χ3v) is 4.62. The Morgan fingerprint density at radius 1 is 1.26 bits per heavy atom. The molecule has 3 N–H and O–H groups in total. The molecule has 1 aromatic heterocycles. The zero-order valence-corrected chi connectivity index (χ0v) is 13.8. The first-order chi connectivity index (χ1) is 10.9. The van der Waals surface area contributed by atoms with E-state index in [1.165, 1.54) is 0 Å². The van der Waals surface area contributed by atoms with E-state index >= 15 is 0 Å². The SMILES string of the molecule is CC[C@H](C)[C@H](C)C(=O)N[C@@H](Cc1c[nH]c2ccccc12)C(=O)O. The van der Waals surface area contributed by atoms with Crippen molar-refractivity contribution in [2.45, 2.75) is 39.7 Å². The molecule has 1 heterocycles. The van der Waals surface area contributed by atoms with Crippen LogP contribution in [0.2, 0.25) is 0 Å². The monoisotopic (exact) mass is 316 g/mol. The van der Waals surface area contributed by atoms with Crippen LogP contribution in [-0.2, 0) is 16.0 Å². The number of hydrogen-bond donors (Lipinski definition) is 3. The number of benzene rings is 1. The number of carboxylic acid groups (broad SMARTS) is 1. The van der Waals surface area contributed by atoms with E-state index in [2.05, 4.69) is 10.3 Å². The molecule has 0 spiro atoms. The predicted octanol–water partition coefficient (Wildman–Crippen LogP) is 2.96. The summed E-state index contributed by atoms with van der Waals surface area (Å²) in [6.45, 7) is 5.86. The number of nitrogens with one attached hydrogen (secondary N) is 2. The maximum absolute atomic E-state index is 12.3. The summed E-state index contributed by atoms with van der Waals surface area (Å²) in [7, 11) is 0. The third-order valence-electron chi connectivity index (χ3n) is 4.62. The van der Waals surface area contributed by atoms with Gasteiger partial charge in [-0.1, -0.05) is 45.4 Å². The first kappa shape index (κ1) is 17.1. The summed E-state index contributed by atoms with van der Waals surface area (Å²) in [4.78, 5) is 26.9. The highest BCUT2D eigenvalue weighted by Gasteiger charge is 2.26. The maximum Gasteiger partial charge on any atom is 0.326 e. The van der Waals surface area contributed by atoms with Crippen LogP contribution in [0.4, 0.5) is 0 Å². The van der Waals surface area contributed by atoms with Gasteiger partial charge in [-0.15, -0.1) is 0 Å². The van der Waals surface area contributed by atoms with Crippen LogP contribution in [0.1, 0.15) is 32.8 Å². The second-order valence-corrected chi connectivity index (χ2v) is 6.14. The number of fused-ring (bicyclic) bond motifs is 1. The predicted molar refractivity (Wildman–Crippen MR) is 90.2 cm³/mol. The highest BCUT2D eigenvalue weighted by molar-refractivity contribution is 5.87. The van der Waals surface area contributed by atoms with Crippen LogP contribution in [0.15, 0.2) is 30.5 Å². The van der Waals surface area contributed by atoms with Crippen LogP contribution >= 0.6 is 0 Å². The molecule has 2 aromatic rings. The first-order valence-corrected chi connectivity index (χ1v) is 8.02. The van der Waals surface area contributed by atoms with Gasteiger partial charge in [-0.2, -0.15) is 0 Å². The average Bonchev–Trinajstić information content (AvgIpc) is 2.95. The minimum absolute atomic E-state index is 0.202. The van der Waals surface area contributed by atoms with Crippen LogP contribution in [-0.4, -0.2) is 28.0 Å². The van der Waals surface area contributed by atoms with E-state index in [9.17, 15) is 14.7 Å². The van der Waals surface area contributed by atoms with Gasteiger partial charge >= 0.3 is 5.97 Å². The molecule has 0 saturated carbocycles. The Morgan fingerprint density at radius 2 is 1.96 bits per heavy atom. The van der Waals surface area contributed by atoms with Crippen LogP contribution in [0.25, 0.3) is 10.9 Å². The van der Waals surface area contributed by atoms with E-state index in [1.54, 1.807) is 0 Å². The summed E-state index contributed by atoms with van der Waals surface area (Å²) in [5.74, 6) is -1.20. The normalized spacial score (nSPS) is 15.1. The Kier molecular flexibility index (Phi) is 5.42. The van der Waals surface area contributed by atoms with Crippen LogP contribution in [0, 0.1) is 11.8 Å². The topological polar surface area (TPSA) is 82.2 Å². The number of aromatic nitrogens is 1. The summed E-state index contributed by atoms with van der Waals surface area (Å²) in [5.41, 5.74) is 1.86. The molecule has 0 aliphatic rings. The second-order valence-electron chi connectivity index (χ2n) is 6.14. The minimum atomic E-state index is -1.01. The van der Waals surface area contributed by atoms with Crippen molar-refractivity contribution in [2.24, 2.45) is 11.8 Å². The summed E-state index contributed by atoms with van der Waals surface area (Å²) in [6, 6.07) is 6.81. The number of amides is 1. The van der Waals surface area contributed by atoms with Gasteiger partial charge in [0, 0.05) is 29.4 Å². The van der Waals surface area contributed by atoms with Crippen molar-refractivity contribution in [3.05, 3.63) is 36.0 Å². The van der Waals surface area contributed by atoms with Crippen LogP contribution in [0.5, 0.6) is 0 Å². The molecule has 0 aliphatic heterocycles. The molecule has 3 atom stereocenters. The Bertz CT molecular complexity index is 692. The molecule has 2 rings (SSSR count). The second kappa shape index (κ2) is 7.31. The Labute approximate surface area is 136 Å². The average molecular weight is 316 g/mol. The fraction of sp³-hybridized carbons (Fsp3) is 0.444. The standard InChI is InChI=1S/C18H24N2O3/c1-4-11(2)12(3)17(21)20-16(18(22)23)9-13-10-19-15-8-6-5-7-14(13)15/h5-8,10-12,16,19H,4,9H2,1-3H3,(H,20,21)(H,22,23)/t11-,12-,16-/m0/s1. The number of para-hydroxylation sites is 1. The number of hydrogen-bond acceptors (Lipinski definition) is 2. The summed E-state index contributed by atoms with van der Waals surface area (Å²) in [6.07, 6.45) is 2.96. The molecule has 0 radical (unpaired) electrons. The largest absolute Gasteiger partial charge is 0.480 e. The lowest BCUT2D eigenvalue weighted by atomic mass is 9.92. The van der Waals surface area contributed by atoms with Crippen molar-refractivity contribution in [1.82, 2.24) is 10.3 Å². The number of rotatable bonds is 7. The fourth-order valence-corrected chi connectivity index (χ4v) is 2.64. The lowest BCUT2D eigenvalue weighted by Gasteiger charge is -2.21. The minimum Gasteiger partial charge on any atom is -0.480 e. The van der Waals surface area contributed by atoms with Gasteiger partial charge in [0.15, 0.2) is 0 Å². The van der Waals surface area contributed by atoms with E-state index in [0.29, 0.717) is 0 Å². The molecule has 5 heteroatoms. The van der Waals surface area contributed by atoms with Crippen molar-refractivity contribution in [3.8, 4) is 0 Å². The highest BCUT2D eigenvalue weighted by atomic mass is 16.4. The lowest BCUT2D eigenvalue weighted by molar-refractivity contribution is -0.142. The molecule has 0 unspecified atom stereocenters. The van der Waals surface area contributed by atoms with E-state index in [0.717, 1.165) is 22.9 Å². The number of carboxylic acids is 1. The van der Waals surface area contributed by atoms with Gasteiger partial charge in [0.05, 0.1) is 0 Å². The van der Waals surface area contributed by atoms with Crippen molar-refractivity contribution in [1.29, 1.82) is 0 Å². The lowest BCUT2D eigenvalue weighted by Crippen LogP contribution is -2.45. The van der Waals surface area contributed by atoms with Gasteiger partial charge in [0.25, 0.3) is 0 Å². The molecule has 124 valence electrons. The molecule has 0 aliphatic carbocycles. The fourth-order valence-electron chi connectivity index (χ4n) is 2.64. The quantitative estimate of drug-likeness (QED) is 0.734. The van der Waals surface area contributed by atoms with Crippen molar-refractivity contribution in [3.63, 3.8) is 0 Å². The van der Waals surface area contributed by atoms with Crippen LogP contribution < -0.4 is 5.32 Å². The highest BCUT2D eigenvalue weighted by Crippen LogP contribution is 2.20. The van der Waals surface area contributed by atoms with E-state index in [4.69, 9.17) is 0 Å². The van der Waals surface area contributed by atoms with E-state index in [-0.39, 0.29) is 24.2 Å².